The molecule has 0 saturated carbocycles. The van der Waals surface area contributed by atoms with Gasteiger partial charge in [-0.15, -0.1) is 0 Å². The number of halogens is 1. The number of anilines is 1. The average molecular weight is 384 g/mol. The number of ether oxygens (including phenoxy) is 1. The smallest absolute Gasteiger partial charge is 0.341 e. The van der Waals surface area contributed by atoms with E-state index in [2.05, 4.69) is 0 Å². The Bertz CT molecular complexity index is 1020. The molecule has 9 heteroatoms. The van der Waals surface area contributed by atoms with Crippen molar-refractivity contribution in [3.8, 4) is 5.75 Å². The molecular weight excluding hydrogens is 371 g/mol. The lowest BCUT2D eigenvalue weighted by Crippen LogP contribution is -2.54. The van der Waals surface area contributed by atoms with Crippen molar-refractivity contribution < 1.29 is 33.4 Å². The number of imide groups is 2. The Morgan fingerprint density at radius 3 is 2.61 bits per heavy atom. The van der Waals surface area contributed by atoms with Crippen LogP contribution in [-0.2, 0) is 14.4 Å². The monoisotopic (exact) mass is 384 g/mol. The lowest BCUT2D eigenvalue weighted by atomic mass is 10.1. The number of nitrogens with zero attached hydrogens (tertiary/aromatic N) is 1. The van der Waals surface area contributed by atoms with Gasteiger partial charge in [0.1, 0.15) is 17.1 Å². The molecule has 28 heavy (non-hydrogen) atoms. The minimum absolute atomic E-state index is 0.0451. The number of rotatable bonds is 5. The number of carboxylic acids is 1. The molecule has 0 bridgehead atoms. The zero-order valence-electron chi connectivity index (χ0n) is 14.2. The highest BCUT2D eigenvalue weighted by Gasteiger charge is 2.37. The van der Waals surface area contributed by atoms with Gasteiger partial charge in [-0.05, 0) is 30.3 Å². The number of para-hydroxylation sites is 1. The van der Waals surface area contributed by atoms with E-state index in [1.54, 1.807) is 12.1 Å². The van der Waals surface area contributed by atoms with Gasteiger partial charge in [0, 0.05) is 5.56 Å². The molecule has 0 unspecified atom stereocenters. The predicted octanol–water partition coefficient (Wildman–Crippen LogP) is 1.96. The van der Waals surface area contributed by atoms with Crippen LogP contribution >= 0.6 is 0 Å². The fraction of sp³-hybridized carbons (Fsp3) is 0.0526. The standard InChI is InChI=1S/C19H13FN2O6/c20-12-5-3-6-13(9-12)22-18(26)14(17(25)21-19(22)27)8-11-4-1-2-7-15(11)28-10-16(23)24/h1-9H,10H2,(H,23,24)(H,21,25,27)/b14-8+. The molecule has 1 saturated heterocycles. The van der Waals surface area contributed by atoms with Crippen molar-refractivity contribution in [2.45, 2.75) is 0 Å². The summed E-state index contributed by atoms with van der Waals surface area (Å²) in [6.45, 7) is -0.617. The summed E-state index contributed by atoms with van der Waals surface area (Å²) in [5, 5.41) is 10.8. The molecule has 0 atom stereocenters. The second kappa shape index (κ2) is 7.70. The van der Waals surface area contributed by atoms with E-state index in [0.717, 1.165) is 12.1 Å². The fourth-order valence-electron chi connectivity index (χ4n) is 2.53. The molecular formula is C19H13FN2O6. The van der Waals surface area contributed by atoms with Crippen molar-refractivity contribution in [2.75, 3.05) is 11.5 Å². The number of urea groups is 1. The zero-order valence-corrected chi connectivity index (χ0v) is 14.2. The highest BCUT2D eigenvalue weighted by atomic mass is 19.1. The summed E-state index contributed by atoms with van der Waals surface area (Å²) in [5.74, 6) is -3.61. The quantitative estimate of drug-likeness (QED) is 0.602. The Morgan fingerprint density at radius 1 is 1.14 bits per heavy atom. The Kier molecular flexibility index (Phi) is 5.16. The van der Waals surface area contributed by atoms with E-state index >= 15 is 0 Å². The molecule has 8 nitrogen and oxygen atoms in total. The maximum atomic E-state index is 13.5. The van der Waals surface area contributed by atoms with E-state index in [1.807, 2.05) is 5.32 Å². The summed E-state index contributed by atoms with van der Waals surface area (Å²) >= 11 is 0. The number of carbonyl (C=O) groups excluding carboxylic acids is 3. The summed E-state index contributed by atoms with van der Waals surface area (Å²) in [6.07, 6.45) is 1.17. The van der Waals surface area contributed by atoms with Gasteiger partial charge in [0.05, 0.1) is 5.69 Å². The van der Waals surface area contributed by atoms with Gasteiger partial charge in [-0.3, -0.25) is 14.9 Å². The van der Waals surface area contributed by atoms with Gasteiger partial charge in [-0.1, -0.05) is 24.3 Å². The predicted molar refractivity (Wildman–Crippen MR) is 95.0 cm³/mol. The minimum atomic E-state index is -1.20. The molecule has 0 aliphatic carbocycles. The van der Waals surface area contributed by atoms with Crippen LogP contribution in [0, 0.1) is 5.82 Å². The van der Waals surface area contributed by atoms with Gasteiger partial charge in [0.2, 0.25) is 0 Å². The SMILES string of the molecule is O=C(O)COc1ccccc1/C=C1\C(=O)NC(=O)N(c2cccc(F)c2)C1=O. The second-order valence-electron chi connectivity index (χ2n) is 5.66. The minimum Gasteiger partial charge on any atom is -0.481 e. The molecule has 0 spiro atoms. The normalized spacial score (nSPS) is 15.5. The van der Waals surface area contributed by atoms with Gasteiger partial charge < -0.3 is 9.84 Å². The lowest BCUT2D eigenvalue weighted by molar-refractivity contribution is -0.139. The summed E-state index contributed by atoms with van der Waals surface area (Å²) in [7, 11) is 0. The molecule has 0 aromatic heterocycles. The summed E-state index contributed by atoms with van der Waals surface area (Å²) in [6, 6.07) is 9.95. The van der Waals surface area contributed by atoms with E-state index in [-0.39, 0.29) is 17.0 Å². The third kappa shape index (κ3) is 3.88. The first kappa shape index (κ1) is 18.8. The summed E-state index contributed by atoms with van der Waals surface area (Å²) in [5.41, 5.74) is -0.178. The molecule has 2 N–H and O–H groups in total. The number of aliphatic carboxylic acids is 1. The Morgan fingerprint density at radius 2 is 1.89 bits per heavy atom. The Hall–Kier alpha value is -4.01. The number of carbonyl (C=O) groups is 4. The molecule has 1 fully saturated rings. The molecule has 1 aliphatic heterocycles. The topological polar surface area (TPSA) is 113 Å². The lowest BCUT2D eigenvalue weighted by Gasteiger charge is -2.26. The number of benzene rings is 2. The van der Waals surface area contributed by atoms with Crippen LogP contribution in [0.2, 0.25) is 0 Å². The van der Waals surface area contributed by atoms with Crippen molar-refractivity contribution in [1.82, 2.24) is 5.32 Å². The first-order valence-corrected chi connectivity index (χ1v) is 7.97. The van der Waals surface area contributed by atoms with Gasteiger partial charge in [0.15, 0.2) is 6.61 Å². The third-order valence-electron chi connectivity index (χ3n) is 3.74. The molecule has 2 aromatic carbocycles. The van der Waals surface area contributed by atoms with Gasteiger partial charge in [0.25, 0.3) is 11.8 Å². The first-order valence-electron chi connectivity index (χ1n) is 7.97. The number of carboxylic acid groups (broad SMARTS) is 1. The highest BCUT2D eigenvalue weighted by Crippen LogP contribution is 2.25. The zero-order chi connectivity index (χ0) is 20.3. The maximum Gasteiger partial charge on any atom is 0.341 e. The number of amides is 4. The van der Waals surface area contributed by atoms with Crippen molar-refractivity contribution in [1.29, 1.82) is 0 Å². The number of hydrogen-bond donors (Lipinski definition) is 2. The fourth-order valence-corrected chi connectivity index (χ4v) is 2.53. The van der Waals surface area contributed by atoms with E-state index < -0.39 is 41.8 Å². The van der Waals surface area contributed by atoms with Gasteiger partial charge >= 0.3 is 12.0 Å². The molecule has 142 valence electrons. The van der Waals surface area contributed by atoms with Crippen molar-refractivity contribution in [3.05, 3.63) is 65.5 Å². The second-order valence-corrected chi connectivity index (χ2v) is 5.66. The van der Waals surface area contributed by atoms with E-state index in [1.165, 1.54) is 30.3 Å². The largest absolute Gasteiger partial charge is 0.481 e. The van der Waals surface area contributed by atoms with E-state index in [0.29, 0.717) is 4.90 Å². The maximum absolute atomic E-state index is 13.5. The van der Waals surface area contributed by atoms with E-state index in [9.17, 15) is 23.6 Å². The third-order valence-corrected chi connectivity index (χ3v) is 3.74. The molecule has 1 aliphatic rings. The van der Waals surface area contributed by atoms with Crippen LogP contribution < -0.4 is 15.0 Å². The molecule has 3 rings (SSSR count). The van der Waals surface area contributed by atoms with Crippen molar-refractivity contribution >= 4 is 35.6 Å². The van der Waals surface area contributed by atoms with Crippen molar-refractivity contribution in [2.24, 2.45) is 0 Å². The van der Waals surface area contributed by atoms with Crippen LogP contribution in [0.5, 0.6) is 5.75 Å². The average Bonchev–Trinajstić information content (AvgIpc) is 2.64. The first-order chi connectivity index (χ1) is 13.4. The van der Waals surface area contributed by atoms with Crippen molar-refractivity contribution in [3.63, 3.8) is 0 Å². The van der Waals surface area contributed by atoms with Crippen LogP contribution in [0.4, 0.5) is 14.9 Å². The number of hydrogen-bond acceptors (Lipinski definition) is 5. The summed E-state index contributed by atoms with van der Waals surface area (Å²) < 4.78 is 18.6. The summed E-state index contributed by atoms with van der Waals surface area (Å²) in [4.78, 5) is 48.4. The van der Waals surface area contributed by atoms with Crippen LogP contribution in [0.3, 0.4) is 0 Å². The van der Waals surface area contributed by atoms with Crippen LogP contribution in [0.25, 0.3) is 6.08 Å². The van der Waals surface area contributed by atoms with Crippen LogP contribution in [0.1, 0.15) is 5.56 Å². The van der Waals surface area contributed by atoms with E-state index in [4.69, 9.17) is 9.84 Å². The Labute approximate surface area is 157 Å². The Balaban J connectivity index is 1.99. The highest BCUT2D eigenvalue weighted by molar-refractivity contribution is 6.39. The molecule has 2 aromatic rings. The molecule has 1 heterocycles. The van der Waals surface area contributed by atoms with Crippen LogP contribution in [0.15, 0.2) is 54.1 Å². The van der Waals surface area contributed by atoms with Crippen LogP contribution in [-0.4, -0.2) is 35.5 Å². The van der Waals surface area contributed by atoms with Gasteiger partial charge in [-0.25, -0.2) is 18.9 Å². The number of nitrogens with one attached hydrogen (secondary N) is 1. The molecule has 4 amide bonds. The molecule has 0 radical (unpaired) electrons. The number of barbiturate groups is 1. The van der Waals surface area contributed by atoms with Gasteiger partial charge in [-0.2, -0.15) is 0 Å².